The molecule has 5 nitrogen and oxygen atoms in total. The van der Waals surface area contributed by atoms with Crippen molar-refractivity contribution in [3.05, 3.63) is 53.7 Å². The molecule has 1 N–H and O–H groups in total. The largest absolute Gasteiger partial charge is 0.478 e. The summed E-state index contributed by atoms with van der Waals surface area (Å²) >= 11 is 0. The minimum absolute atomic E-state index is 0.402. The first-order valence-corrected chi connectivity index (χ1v) is 7.20. The van der Waals surface area contributed by atoms with E-state index in [-0.39, 0.29) is 0 Å². The number of rotatable bonds is 7. The molecule has 0 radical (unpaired) electrons. The van der Waals surface area contributed by atoms with E-state index in [0.717, 1.165) is 17.3 Å². The van der Waals surface area contributed by atoms with Gasteiger partial charge in [-0.3, -0.25) is 4.68 Å². The van der Waals surface area contributed by atoms with Gasteiger partial charge in [0.15, 0.2) is 0 Å². The number of nitrogens with zero attached hydrogens (tertiary/aromatic N) is 2. The number of aliphatic carboxylic acids is 1. The fourth-order valence-corrected chi connectivity index (χ4v) is 1.99. The van der Waals surface area contributed by atoms with Crippen LogP contribution in [0.1, 0.15) is 25.1 Å². The Balaban J connectivity index is 2.12. The van der Waals surface area contributed by atoms with E-state index in [9.17, 15) is 4.79 Å². The summed E-state index contributed by atoms with van der Waals surface area (Å²) in [6.07, 6.45) is 2.64. The van der Waals surface area contributed by atoms with E-state index in [0.29, 0.717) is 24.9 Å². The van der Waals surface area contributed by atoms with Gasteiger partial charge < -0.3 is 9.84 Å². The summed E-state index contributed by atoms with van der Waals surface area (Å²) in [5.74, 6) is -0.0857. The molecule has 1 heterocycles. The highest BCUT2D eigenvalue weighted by molar-refractivity contribution is 5.84. The molecule has 0 fully saturated rings. The van der Waals surface area contributed by atoms with Crippen molar-refractivity contribution in [1.29, 1.82) is 0 Å². The summed E-state index contributed by atoms with van der Waals surface area (Å²) in [4.78, 5) is 10.7. The monoisotopic (exact) mass is 300 g/mol. The van der Waals surface area contributed by atoms with Crippen LogP contribution in [0, 0.1) is 5.92 Å². The van der Waals surface area contributed by atoms with Crippen molar-refractivity contribution < 1.29 is 14.6 Å². The maximum Gasteiger partial charge on any atom is 0.328 e. The Kier molecular flexibility index (Phi) is 5.36. The number of carboxylic acids is 1. The number of aromatic nitrogens is 2. The number of hydrogen-bond acceptors (Lipinski definition) is 3. The Morgan fingerprint density at radius 1 is 1.36 bits per heavy atom. The van der Waals surface area contributed by atoms with Crippen molar-refractivity contribution in [2.75, 3.05) is 0 Å². The molecule has 116 valence electrons. The summed E-state index contributed by atoms with van der Waals surface area (Å²) in [5.41, 5.74) is 1.78. The molecule has 0 aliphatic rings. The average Bonchev–Trinajstić information content (AvgIpc) is 2.85. The summed E-state index contributed by atoms with van der Waals surface area (Å²) in [6, 6.07) is 11.6. The molecule has 1 aromatic heterocycles. The molecule has 0 spiro atoms. The van der Waals surface area contributed by atoms with Crippen LogP contribution in [0.15, 0.2) is 42.5 Å². The van der Waals surface area contributed by atoms with E-state index < -0.39 is 5.97 Å². The molecule has 5 heteroatoms. The van der Waals surface area contributed by atoms with Crippen molar-refractivity contribution in [3.63, 3.8) is 0 Å². The van der Waals surface area contributed by atoms with Crippen LogP contribution in [0.2, 0.25) is 0 Å². The second-order valence-corrected chi connectivity index (χ2v) is 5.43. The maximum atomic E-state index is 10.7. The van der Waals surface area contributed by atoms with Crippen molar-refractivity contribution in [2.45, 2.75) is 27.0 Å². The molecule has 0 amide bonds. The van der Waals surface area contributed by atoms with E-state index in [1.165, 1.54) is 6.08 Å². The first-order valence-electron chi connectivity index (χ1n) is 7.20. The van der Waals surface area contributed by atoms with E-state index in [2.05, 4.69) is 18.9 Å². The third kappa shape index (κ3) is 4.77. The molecule has 0 saturated heterocycles. The third-order valence-electron chi connectivity index (χ3n) is 2.95. The van der Waals surface area contributed by atoms with Crippen molar-refractivity contribution in [3.8, 4) is 5.88 Å². The van der Waals surface area contributed by atoms with E-state index in [1.807, 2.05) is 30.3 Å². The van der Waals surface area contributed by atoms with Gasteiger partial charge in [0, 0.05) is 18.7 Å². The van der Waals surface area contributed by atoms with Gasteiger partial charge >= 0.3 is 5.97 Å². The molecule has 0 bridgehead atoms. The quantitative estimate of drug-likeness (QED) is 0.797. The summed E-state index contributed by atoms with van der Waals surface area (Å²) < 4.78 is 7.46. The highest BCUT2D eigenvalue weighted by Gasteiger charge is 2.09. The Morgan fingerprint density at radius 2 is 2.09 bits per heavy atom. The van der Waals surface area contributed by atoms with Crippen molar-refractivity contribution in [2.24, 2.45) is 5.92 Å². The van der Waals surface area contributed by atoms with Gasteiger partial charge in [0.2, 0.25) is 5.88 Å². The summed E-state index contributed by atoms with van der Waals surface area (Å²) in [6.45, 7) is 5.29. The smallest absolute Gasteiger partial charge is 0.328 e. The van der Waals surface area contributed by atoms with Gasteiger partial charge in [-0.05, 0) is 17.6 Å². The lowest BCUT2D eigenvalue weighted by atomic mass is 10.2. The van der Waals surface area contributed by atoms with Crippen LogP contribution in [0.4, 0.5) is 0 Å². The van der Waals surface area contributed by atoms with Crippen LogP contribution < -0.4 is 4.74 Å². The second kappa shape index (κ2) is 7.45. The molecular formula is C17H20N2O3. The first-order chi connectivity index (χ1) is 10.5. The van der Waals surface area contributed by atoms with Crippen molar-refractivity contribution >= 4 is 12.0 Å². The summed E-state index contributed by atoms with van der Waals surface area (Å²) in [7, 11) is 0. The Morgan fingerprint density at radius 3 is 2.73 bits per heavy atom. The Labute approximate surface area is 129 Å². The number of ether oxygens (including phenoxy) is 1. The second-order valence-electron chi connectivity index (χ2n) is 5.43. The fraction of sp³-hybridized carbons (Fsp3) is 0.294. The molecule has 0 aliphatic carbocycles. The highest BCUT2D eigenvalue weighted by atomic mass is 16.5. The van der Waals surface area contributed by atoms with Crippen LogP contribution >= 0.6 is 0 Å². The predicted molar refractivity (Wildman–Crippen MR) is 84.5 cm³/mol. The lowest BCUT2D eigenvalue weighted by molar-refractivity contribution is -0.131. The number of hydrogen-bond donors (Lipinski definition) is 1. The molecule has 2 rings (SSSR count). The van der Waals surface area contributed by atoms with E-state index in [1.54, 1.807) is 10.7 Å². The molecule has 1 aromatic carbocycles. The van der Waals surface area contributed by atoms with Crippen LogP contribution in [-0.2, 0) is 17.9 Å². The predicted octanol–water partition coefficient (Wildman–Crippen LogP) is 3.22. The topological polar surface area (TPSA) is 64.4 Å². The molecular weight excluding hydrogens is 280 g/mol. The third-order valence-corrected chi connectivity index (χ3v) is 2.95. The molecule has 0 aliphatic heterocycles. The first kappa shape index (κ1) is 15.8. The Bertz CT molecular complexity index is 645. The van der Waals surface area contributed by atoms with Gasteiger partial charge in [-0.25, -0.2) is 4.79 Å². The molecule has 2 aromatic rings. The number of benzene rings is 1. The minimum Gasteiger partial charge on any atom is -0.478 e. The SMILES string of the molecule is CC(C)Cn1nc(OCc2ccccc2)cc1/C=C/C(=O)O. The van der Waals surface area contributed by atoms with Crippen LogP contribution in [0.3, 0.4) is 0 Å². The van der Waals surface area contributed by atoms with Gasteiger partial charge in [0.25, 0.3) is 0 Å². The highest BCUT2D eigenvalue weighted by Crippen LogP contribution is 2.17. The van der Waals surface area contributed by atoms with Crippen LogP contribution in [0.5, 0.6) is 5.88 Å². The minimum atomic E-state index is -0.982. The van der Waals surface area contributed by atoms with Gasteiger partial charge in [-0.1, -0.05) is 44.2 Å². The summed E-state index contributed by atoms with van der Waals surface area (Å²) in [5, 5.41) is 13.2. The zero-order valence-electron chi connectivity index (χ0n) is 12.8. The zero-order valence-corrected chi connectivity index (χ0v) is 12.8. The van der Waals surface area contributed by atoms with Crippen molar-refractivity contribution in [1.82, 2.24) is 9.78 Å². The number of carbonyl (C=O) groups is 1. The average molecular weight is 300 g/mol. The lowest BCUT2D eigenvalue weighted by Crippen LogP contribution is -2.08. The normalized spacial score (nSPS) is 11.2. The fourth-order valence-electron chi connectivity index (χ4n) is 1.99. The van der Waals surface area contributed by atoms with Crippen LogP contribution in [-0.4, -0.2) is 20.9 Å². The molecule has 0 unspecified atom stereocenters. The van der Waals surface area contributed by atoms with Gasteiger partial charge in [-0.15, -0.1) is 5.10 Å². The van der Waals surface area contributed by atoms with Gasteiger partial charge in [-0.2, -0.15) is 0 Å². The molecule has 22 heavy (non-hydrogen) atoms. The van der Waals surface area contributed by atoms with Crippen LogP contribution in [0.25, 0.3) is 6.08 Å². The maximum absolute atomic E-state index is 10.7. The molecule has 0 atom stereocenters. The molecule has 0 saturated carbocycles. The van der Waals surface area contributed by atoms with E-state index in [4.69, 9.17) is 9.84 Å². The Hall–Kier alpha value is -2.56. The lowest BCUT2D eigenvalue weighted by Gasteiger charge is -2.07. The van der Waals surface area contributed by atoms with Gasteiger partial charge in [0.05, 0.1) is 5.69 Å². The number of carboxylic acid groups (broad SMARTS) is 1. The van der Waals surface area contributed by atoms with E-state index >= 15 is 0 Å². The standard InChI is InChI=1S/C17H20N2O3/c1-13(2)11-19-15(8-9-17(20)21)10-16(18-19)22-12-14-6-4-3-5-7-14/h3-10,13H,11-12H2,1-2H3,(H,20,21)/b9-8+. The zero-order chi connectivity index (χ0) is 15.9. The van der Waals surface area contributed by atoms with Gasteiger partial charge in [0.1, 0.15) is 6.61 Å².